The van der Waals surface area contributed by atoms with Gasteiger partial charge in [0.25, 0.3) is 0 Å². The van der Waals surface area contributed by atoms with E-state index in [4.69, 9.17) is 0 Å². The quantitative estimate of drug-likeness (QED) is 0.683. The van der Waals surface area contributed by atoms with Crippen molar-refractivity contribution in [2.45, 2.75) is 12.3 Å². The smallest absolute Gasteiger partial charge is 0.220 e. The number of amides is 1. The molecule has 1 aromatic heterocycles. The zero-order valence-electron chi connectivity index (χ0n) is 15.1. The van der Waals surface area contributed by atoms with E-state index in [1.165, 1.54) is 12.1 Å². The average molecular weight is 353 g/mol. The number of carbonyl (C=O) groups excluding carboxylic acids is 1. The summed E-state index contributed by atoms with van der Waals surface area (Å²) in [6.45, 7) is 1.40. The van der Waals surface area contributed by atoms with Crippen molar-refractivity contribution in [3.05, 3.63) is 71.7 Å². The van der Waals surface area contributed by atoms with E-state index in [0.29, 0.717) is 13.0 Å². The second kappa shape index (κ2) is 8.15. The van der Waals surface area contributed by atoms with E-state index in [2.05, 4.69) is 10.3 Å². The molecule has 3 aromatic rings. The molecule has 2 aromatic carbocycles. The minimum Gasteiger partial charge on any atom is -0.361 e. The number of rotatable bonds is 7. The summed E-state index contributed by atoms with van der Waals surface area (Å²) < 4.78 is 13.4. The summed E-state index contributed by atoms with van der Waals surface area (Å²) in [6.07, 6.45) is 2.27. The highest BCUT2D eigenvalue weighted by molar-refractivity contribution is 5.86. The lowest BCUT2D eigenvalue weighted by atomic mass is 9.88. The van der Waals surface area contributed by atoms with E-state index in [-0.39, 0.29) is 17.6 Å². The van der Waals surface area contributed by atoms with Gasteiger partial charge in [-0.25, -0.2) is 4.39 Å². The summed E-state index contributed by atoms with van der Waals surface area (Å²) in [5.74, 6) is -0.417. The molecule has 0 saturated heterocycles. The van der Waals surface area contributed by atoms with E-state index in [9.17, 15) is 9.18 Å². The van der Waals surface area contributed by atoms with Gasteiger partial charge in [0.1, 0.15) is 5.82 Å². The zero-order valence-corrected chi connectivity index (χ0v) is 15.1. The molecule has 0 aliphatic carbocycles. The number of carbonyl (C=O) groups is 1. The van der Waals surface area contributed by atoms with Crippen LogP contribution in [0, 0.1) is 5.82 Å². The molecule has 0 aliphatic rings. The number of nitrogens with zero attached hydrogens (tertiary/aromatic N) is 1. The zero-order chi connectivity index (χ0) is 18.5. The Balaban J connectivity index is 1.87. The van der Waals surface area contributed by atoms with Gasteiger partial charge in [0, 0.05) is 42.5 Å². The van der Waals surface area contributed by atoms with Gasteiger partial charge in [0.05, 0.1) is 0 Å². The number of benzene rings is 2. The number of nitrogens with one attached hydrogen (secondary N) is 2. The fraction of sp³-hybridized carbons (Fsp3) is 0.286. The lowest BCUT2D eigenvalue weighted by Crippen LogP contribution is -2.32. The first kappa shape index (κ1) is 18.1. The van der Waals surface area contributed by atoms with E-state index in [1.54, 1.807) is 12.1 Å². The van der Waals surface area contributed by atoms with Gasteiger partial charge in [-0.05, 0) is 43.4 Å². The molecule has 26 heavy (non-hydrogen) atoms. The molecule has 0 fully saturated rings. The first-order chi connectivity index (χ1) is 12.5. The number of aromatic amines is 1. The second-order valence-electron chi connectivity index (χ2n) is 6.75. The summed E-state index contributed by atoms with van der Waals surface area (Å²) in [4.78, 5) is 17.8. The molecule has 136 valence electrons. The van der Waals surface area contributed by atoms with Crippen LogP contribution in [-0.2, 0) is 4.79 Å². The Morgan fingerprint density at radius 1 is 1.15 bits per heavy atom. The molecule has 0 aliphatic heterocycles. The van der Waals surface area contributed by atoms with Crippen molar-refractivity contribution >= 4 is 16.8 Å². The minimum atomic E-state index is -0.276. The summed E-state index contributed by atoms with van der Waals surface area (Å²) in [5.41, 5.74) is 3.01. The Hall–Kier alpha value is -2.66. The first-order valence-electron chi connectivity index (χ1n) is 8.77. The van der Waals surface area contributed by atoms with Gasteiger partial charge in [-0.3, -0.25) is 4.79 Å². The number of fused-ring (bicyclic) bond motifs is 1. The first-order valence-corrected chi connectivity index (χ1v) is 8.77. The van der Waals surface area contributed by atoms with Crippen molar-refractivity contribution < 1.29 is 9.18 Å². The van der Waals surface area contributed by atoms with Gasteiger partial charge in [-0.2, -0.15) is 0 Å². The summed E-state index contributed by atoms with van der Waals surface area (Å²) in [5, 5.41) is 4.06. The van der Waals surface area contributed by atoms with Crippen LogP contribution in [-0.4, -0.2) is 43.0 Å². The molecular weight excluding hydrogens is 329 g/mol. The van der Waals surface area contributed by atoms with E-state index < -0.39 is 0 Å². The molecule has 1 amide bonds. The molecule has 4 nitrogen and oxygen atoms in total. The van der Waals surface area contributed by atoms with Crippen LogP contribution in [0.1, 0.15) is 23.5 Å². The monoisotopic (exact) mass is 353 g/mol. The average Bonchev–Trinajstić information content (AvgIpc) is 3.04. The molecule has 2 N–H and O–H groups in total. The van der Waals surface area contributed by atoms with Crippen molar-refractivity contribution in [2.75, 3.05) is 27.2 Å². The van der Waals surface area contributed by atoms with Crippen LogP contribution in [0.3, 0.4) is 0 Å². The maximum absolute atomic E-state index is 13.4. The van der Waals surface area contributed by atoms with Crippen LogP contribution in [0.4, 0.5) is 4.39 Å². The van der Waals surface area contributed by atoms with Crippen LogP contribution < -0.4 is 5.32 Å². The molecule has 5 heteroatoms. The molecule has 0 bridgehead atoms. The van der Waals surface area contributed by atoms with Gasteiger partial charge in [-0.15, -0.1) is 0 Å². The molecular formula is C21H24FN3O. The fourth-order valence-corrected chi connectivity index (χ4v) is 3.16. The van der Waals surface area contributed by atoms with Crippen LogP contribution in [0.15, 0.2) is 54.7 Å². The lowest BCUT2D eigenvalue weighted by molar-refractivity contribution is -0.121. The van der Waals surface area contributed by atoms with Gasteiger partial charge in [-0.1, -0.05) is 30.3 Å². The SMILES string of the molecule is CN(C)CCNC(=O)CC(c1ccc(F)cc1)c1c[nH]c2ccccc12. The Kier molecular flexibility index (Phi) is 5.68. The highest BCUT2D eigenvalue weighted by Crippen LogP contribution is 2.33. The van der Waals surface area contributed by atoms with Gasteiger partial charge in [0.15, 0.2) is 0 Å². The topological polar surface area (TPSA) is 48.1 Å². The molecule has 1 heterocycles. The van der Waals surface area contributed by atoms with E-state index in [0.717, 1.165) is 28.6 Å². The van der Waals surface area contributed by atoms with Gasteiger partial charge >= 0.3 is 0 Å². The van der Waals surface area contributed by atoms with Crippen LogP contribution in [0.25, 0.3) is 10.9 Å². The third kappa shape index (κ3) is 4.29. The molecule has 0 spiro atoms. The van der Waals surface area contributed by atoms with Crippen LogP contribution in [0.5, 0.6) is 0 Å². The van der Waals surface area contributed by atoms with E-state index >= 15 is 0 Å². The maximum atomic E-state index is 13.4. The molecule has 0 radical (unpaired) electrons. The molecule has 3 rings (SSSR count). The molecule has 1 unspecified atom stereocenters. The van der Waals surface area contributed by atoms with Gasteiger partial charge < -0.3 is 15.2 Å². The third-order valence-electron chi connectivity index (χ3n) is 4.54. The number of halogens is 1. The van der Waals surface area contributed by atoms with Gasteiger partial charge in [0.2, 0.25) is 5.91 Å². The van der Waals surface area contributed by atoms with Crippen LogP contribution >= 0.6 is 0 Å². The number of aromatic nitrogens is 1. The number of H-pyrrole nitrogens is 1. The predicted octanol–water partition coefficient (Wildman–Crippen LogP) is 3.51. The Labute approximate surface area is 153 Å². The lowest BCUT2D eigenvalue weighted by Gasteiger charge is -2.18. The Morgan fingerprint density at radius 3 is 2.62 bits per heavy atom. The Bertz CT molecular complexity index is 870. The number of likely N-dealkylation sites (N-methyl/N-ethyl adjacent to an activating group) is 1. The normalized spacial score (nSPS) is 12.5. The van der Waals surface area contributed by atoms with Crippen molar-refractivity contribution in [3.8, 4) is 0 Å². The number of hydrogen-bond acceptors (Lipinski definition) is 2. The van der Waals surface area contributed by atoms with Crippen molar-refractivity contribution in [1.29, 1.82) is 0 Å². The number of hydrogen-bond donors (Lipinski definition) is 2. The molecule has 0 saturated carbocycles. The minimum absolute atomic E-state index is 0.00791. The van der Waals surface area contributed by atoms with Crippen molar-refractivity contribution in [3.63, 3.8) is 0 Å². The molecule has 1 atom stereocenters. The second-order valence-corrected chi connectivity index (χ2v) is 6.75. The Morgan fingerprint density at radius 2 is 1.88 bits per heavy atom. The van der Waals surface area contributed by atoms with Crippen molar-refractivity contribution in [2.24, 2.45) is 0 Å². The predicted molar refractivity (Wildman–Crippen MR) is 103 cm³/mol. The van der Waals surface area contributed by atoms with Crippen molar-refractivity contribution in [1.82, 2.24) is 15.2 Å². The summed E-state index contributed by atoms with van der Waals surface area (Å²) >= 11 is 0. The fourth-order valence-electron chi connectivity index (χ4n) is 3.16. The number of para-hydroxylation sites is 1. The van der Waals surface area contributed by atoms with Crippen LogP contribution in [0.2, 0.25) is 0 Å². The summed E-state index contributed by atoms with van der Waals surface area (Å²) in [6, 6.07) is 14.4. The standard InChI is InChI=1S/C21H24FN3O/c1-25(2)12-11-23-21(26)13-18(15-7-9-16(22)10-8-15)19-14-24-20-6-4-3-5-17(19)20/h3-10,14,18,24H,11-13H2,1-2H3,(H,23,26). The largest absolute Gasteiger partial charge is 0.361 e. The maximum Gasteiger partial charge on any atom is 0.220 e. The van der Waals surface area contributed by atoms with E-state index in [1.807, 2.05) is 49.5 Å². The highest BCUT2D eigenvalue weighted by atomic mass is 19.1. The highest BCUT2D eigenvalue weighted by Gasteiger charge is 2.21. The summed E-state index contributed by atoms with van der Waals surface area (Å²) in [7, 11) is 3.94. The third-order valence-corrected chi connectivity index (χ3v) is 4.54.